The molecule has 3 nitrogen and oxygen atoms in total. The zero-order valence-corrected chi connectivity index (χ0v) is 13.4. The Labute approximate surface area is 124 Å². The summed E-state index contributed by atoms with van der Waals surface area (Å²) in [7, 11) is 0. The minimum absolute atomic E-state index is 0.0449. The van der Waals surface area contributed by atoms with Gasteiger partial charge >= 0.3 is 5.97 Å². The van der Waals surface area contributed by atoms with Gasteiger partial charge in [0.05, 0.1) is 18.8 Å². The molecule has 3 heteroatoms. The Balaban J connectivity index is 1.76. The van der Waals surface area contributed by atoms with Gasteiger partial charge < -0.3 is 9.47 Å². The summed E-state index contributed by atoms with van der Waals surface area (Å²) in [6, 6.07) is 0. The molecule has 2 unspecified atom stereocenters. The fourth-order valence-corrected chi connectivity index (χ4v) is 2.65. The Hall–Kier alpha value is -0.570. The van der Waals surface area contributed by atoms with Gasteiger partial charge in [-0.15, -0.1) is 0 Å². The summed E-state index contributed by atoms with van der Waals surface area (Å²) in [4.78, 5) is 11.1. The third-order valence-electron chi connectivity index (χ3n) is 3.95. The minimum Gasteiger partial charge on any atom is -0.466 e. The number of esters is 1. The van der Waals surface area contributed by atoms with Gasteiger partial charge in [-0.2, -0.15) is 0 Å². The molecule has 20 heavy (non-hydrogen) atoms. The van der Waals surface area contributed by atoms with E-state index in [9.17, 15) is 4.79 Å². The largest absolute Gasteiger partial charge is 0.466 e. The molecule has 2 atom stereocenters. The van der Waals surface area contributed by atoms with Crippen molar-refractivity contribution in [3.63, 3.8) is 0 Å². The molecule has 0 aromatic heterocycles. The summed E-state index contributed by atoms with van der Waals surface area (Å²) in [5, 5.41) is 0. The molecule has 1 aliphatic heterocycles. The predicted molar refractivity (Wildman–Crippen MR) is 81.8 cm³/mol. The van der Waals surface area contributed by atoms with Gasteiger partial charge in [-0.1, -0.05) is 51.9 Å². The van der Waals surface area contributed by atoms with E-state index in [1.54, 1.807) is 0 Å². The Morgan fingerprint density at radius 2 is 1.50 bits per heavy atom. The summed E-state index contributed by atoms with van der Waals surface area (Å²) in [5.74, 6) is -0.0449. The maximum Gasteiger partial charge on any atom is 0.305 e. The fraction of sp³-hybridized carbons (Fsp3) is 0.941. The lowest BCUT2D eigenvalue weighted by Crippen LogP contribution is -2.03. The third kappa shape index (κ3) is 8.57. The summed E-state index contributed by atoms with van der Waals surface area (Å²) < 4.78 is 10.6. The van der Waals surface area contributed by atoms with Crippen molar-refractivity contribution in [1.82, 2.24) is 0 Å². The van der Waals surface area contributed by atoms with Crippen LogP contribution in [0.4, 0.5) is 0 Å². The summed E-state index contributed by atoms with van der Waals surface area (Å²) in [6.07, 6.45) is 14.1. The molecule has 1 aliphatic rings. The van der Waals surface area contributed by atoms with Gasteiger partial charge in [-0.05, 0) is 26.2 Å². The first-order chi connectivity index (χ1) is 9.77. The van der Waals surface area contributed by atoms with Crippen LogP contribution >= 0.6 is 0 Å². The Kier molecular flexibility index (Phi) is 9.73. The second-order valence-electron chi connectivity index (χ2n) is 5.82. The first kappa shape index (κ1) is 17.5. The fourth-order valence-electron chi connectivity index (χ4n) is 2.65. The first-order valence-electron chi connectivity index (χ1n) is 8.59. The second-order valence-corrected chi connectivity index (χ2v) is 5.82. The molecule has 0 spiro atoms. The van der Waals surface area contributed by atoms with Gasteiger partial charge in [-0.3, -0.25) is 4.79 Å². The van der Waals surface area contributed by atoms with Crippen LogP contribution in [-0.2, 0) is 14.3 Å². The van der Waals surface area contributed by atoms with Crippen molar-refractivity contribution in [2.75, 3.05) is 6.61 Å². The molecule has 0 N–H and O–H groups in total. The third-order valence-corrected chi connectivity index (χ3v) is 3.95. The molecule has 0 aliphatic carbocycles. The van der Waals surface area contributed by atoms with Crippen molar-refractivity contribution < 1.29 is 14.3 Å². The Bertz CT molecular complexity index is 253. The van der Waals surface area contributed by atoms with Crippen LogP contribution in [0, 0.1) is 0 Å². The molecule has 1 heterocycles. The van der Waals surface area contributed by atoms with Crippen molar-refractivity contribution in [2.45, 2.75) is 96.7 Å². The van der Waals surface area contributed by atoms with Crippen molar-refractivity contribution in [1.29, 1.82) is 0 Å². The molecule has 1 saturated heterocycles. The average molecular weight is 284 g/mol. The molecule has 1 fully saturated rings. The number of carbonyl (C=O) groups excluding carboxylic acids is 1. The van der Waals surface area contributed by atoms with Gasteiger partial charge in [0.15, 0.2) is 0 Å². The summed E-state index contributed by atoms with van der Waals surface area (Å²) >= 11 is 0. The number of hydrogen-bond acceptors (Lipinski definition) is 3. The van der Waals surface area contributed by atoms with Crippen LogP contribution in [0.25, 0.3) is 0 Å². The number of hydrogen-bond donors (Lipinski definition) is 0. The number of rotatable bonds is 13. The Morgan fingerprint density at radius 1 is 0.900 bits per heavy atom. The molecule has 118 valence electrons. The molecule has 0 aromatic rings. The highest BCUT2D eigenvalue weighted by Gasteiger charge is 2.36. The van der Waals surface area contributed by atoms with E-state index in [2.05, 4.69) is 6.92 Å². The van der Waals surface area contributed by atoms with Crippen molar-refractivity contribution in [3.05, 3.63) is 0 Å². The van der Waals surface area contributed by atoms with E-state index >= 15 is 0 Å². The lowest BCUT2D eigenvalue weighted by atomic mass is 10.0. The monoisotopic (exact) mass is 284 g/mol. The lowest BCUT2D eigenvalue weighted by Gasteiger charge is -2.02. The number of ether oxygens (including phenoxy) is 2. The topological polar surface area (TPSA) is 38.8 Å². The number of epoxide rings is 1. The lowest BCUT2D eigenvalue weighted by molar-refractivity contribution is -0.143. The molecule has 1 rings (SSSR count). The zero-order valence-electron chi connectivity index (χ0n) is 13.4. The average Bonchev–Trinajstić information content (AvgIpc) is 3.18. The second kappa shape index (κ2) is 11.1. The summed E-state index contributed by atoms with van der Waals surface area (Å²) in [6.45, 7) is 4.59. The number of carbonyl (C=O) groups is 1. The van der Waals surface area contributed by atoms with E-state index in [0.717, 1.165) is 12.8 Å². The zero-order chi connectivity index (χ0) is 14.6. The van der Waals surface area contributed by atoms with Gasteiger partial charge in [0.1, 0.15) is 0 Å². The predicted octanol–water partition coefficient (Wildman–Crippen LogP) is 4.63. The maximum absolute atomic E-state index is 11.1. The van der Waals surface area contributed by atoms with Crippen LogP contribution < -0.4 is 0 Å². The van der Waals surface area contributed by atoms with Crippen LogP contribution in [0.3, 0.4) is 0 Å². The van der Waals surface area contributed by atoms with Gasteiger partial charge in [-0.25, -0.2) is 0 Å². The molecule has 0 bridgehead atoms. The van der Waals surface area contributed by atoms with E-state index in [0.29, 0.717) is 25.2 Å². The molecular formula is C17H32O3. The van der Waals surface area contributed by atoms with Crippen LogP contribution in [-0.4, -0.2) is 24.8 Å². The van der Waals surface area contributed by atoms with E-state index in [-0.39, 0.29) is 5.97 Å². The van der Waals surface area contributed by atoms with Crippen LogP contribution in [0.1, 0.15) is 84.5 Å². The molecule has 0 amide bonds. The van der Waals surface area contributed by atoms with E-state index < -0.39 is 0 Å². The van der Waals surface area contributed by atoms with Gasteiger partial charge in [0.25, 0.3) is 0 Å². The molecule has 0 radical (unpaired) electrons. The van der Waals surface area contributed by atoms with Crippen LogP contribution in [0.5, 0.6) is 0 Å². The van der Waals surface area contributed by atoms with Gasteiger partial charge in [0.2, 0.25) is 0 Å². The van der Waals surface area contributed by atoms with Crippen LogP contribution in [0.2, 0.25) is 0 Å². The highest BCUT2D eigenvalue weighted by Crippen LogP contribution is 2.31. The highest BCUT2D eigenvalue weighted by atomic mass is 16.6. The molecular weight excluding hydrogens is 252 g/mol. The smallest absolute Gasteiger partial charge is 0.305 e. The van der Waals surface area contributed by atoms with Gasteiger partial charge in [0, 0.05) is 6.42 Å². The maximum atomic E-state index is 11.1. The normalized spacial score (nSPS) is 20.9. The minimum atomic E-state index is -0.0449. The van der Waals surface area contributed by atoms with Crippen molar-refractivity contribution in [3.8, 4) is 0 Å². The summed E-state index contributed by atoms with van der Waals surface area (Å²) in [5.41, 5.74) is 0. The quantitative estimate of drug-likeness (QED) is 0.281. The van der Waals surface area contributed by atoms with Crippen molar-refractivity contribution in [2.24, 2.45) is 0 Å². The SMILES string of the molecule is CCCCC1OC1CCCCCCCCC(=O)OCC. The molecule has 0 saturated carbocycles. The highest BCUT2D eigenvalue weighted by molar-refractivity contribution is 5.69. The molecule has 0 aromatic carbocycles. The van der Waals surface area contributed by atoms with E-state index in [4.69, 9.17) is 9.47 Å². The van der Waals surface area contributed by atoms with E-state index in [1.807, 2.05) is 6.92 Å². The first-order valence-corrected chi connectivity index (χ1v) is 8.59. The van der Waals surface area contributed by atoms with E-state index in [1.165, 1.54) is 51.4 Å². The standard InChI is InChI=1S/C17H32O3/c1-3-5-12-15-16(20-15)13-10-8-6-7-9-11-14-17(18)19-4-2/h15-16H,3-14H2,1-2H3. The Morgan fingerprint density at radius 3 is 2.15 bits per heavy atom. The van der Waals surface area contributed by atoms with Crippen molar-refractivity contribution >= 4 is 5.97 Å². The van der Waals surface area contributed by atoms with Crippen LogP contribution in [0.15, 0.2) is 0 Å². The number of unbranched alkanes of at least 4 members (excludes halogenated alkanes) is 6.